The Balaban J connectivity index is 1.80. The van der Waals surface area contributed by atoms with Crippen molar-refractivity contribution < 1.29 is 36.3 Å². The minimum atomic E-state index is -4.43. The van der Waals surface area contributed by atoms with E-state index in [0.29, 0.717) is 16.9 Å². The smallest absolute Gasteiger partial charge is 0.408 e. The fourth-order valence-corrected chi connectivity index (χ4v) is 4.21. The van der Waals surface area contributed by atoms with Crippen molar-refractivity contribution in [2.45, 2.75) is 96.0 Å². The first kappa shape index (κ1) is 28.6. The van der Waals surface area contributed by atoms with Crippen molar-refractivity contribution in [1.29, 1.82) is 0 Å². The molecule has 0 aliphatic heterocycles. The van der Waals surface area contributed by atoms with Crippen LogP contribution in [0.1, 0.15) is 89.6 Å². The summed E-state index contributed by atoms with van der Waals surface area (Å²) in [6.45, 7) is 6.74. The number of imidazole rings is 1. The van der Waals surface area contributed by atoms with Crippen LogP contribution in [-0.4, -0.2) is 44.3 Å². The van der Waals surface area contributed by atoms with Gasteiger partial charge in [0.1, 0.15) is 5.60 Å². The number of fused-ring (bicyclic) bond motifs is 1. The monoisotopic (exact) mass is 533 g/mol. The Kier molecular flexibility index (Phi) is 8.33. The molecular weight excluding hydrogens is 501 g/mol. The van der Waals surface area contributed by atoms with Crippen LogP contribution in [0.5, 0.6) is 0 Å². The number of hydrogen-bond acceptors (Lipinski definition) is 5. The van der Waals surface area contributed by atoms with Crippen LogP contribution in [0.25, 0.3) is 5.65 Å². The summed E-state index contributed by atoms with van der Waals surface area (Å²) in [7, 11) is 0. The van der Waals surface area contributed by atoms with Crippen LogP contribution >= 0.6 is 0 Å². The number of halogens is 5. The van der Waals surface area contributed by atoms with E-state index in [1.807, 2.05) is 0 Å². The van der Waals surface area contributed by atoms with Crippen LogP contribution < -0.4 is 10.6 Å². The zero-order valence-electron chi connectivity index (χ0n) is 21.2. The number of alkyl halides is 5. The molecule has 0 aromatic carbocycles. The molecule has 2 heterocycles. The third-order valence-electron chi connectivity index (χ3n) is 6.10. The number of aromatic nitrogens is 3. The maximum Gasteiger partial charge on any atom is 0.408 e. The van der Waals surface area contributed by atoms with E-state index in [1.54, 1.807) is 40.0 Å². The van der Waals surface area contributed by atoms with Gasteiger partial charge in [-0.05, 0) is 58.1 Å². The molecular formula is C24H32F5N5O3. The van der Waals surface area contributed by atoms with Gasteiger partial charge in [-0.25, -0.2) is 23.1 Å². The topological polar surface area (TPSA) is 97.6 Å². The number of nitrogens with one attached hydrogen (secondary N) is 2. The summed E-state index contributed by atoms with van der Waals surface area (Å²) < 4.78 is 71.5. The summed E-state index contributed by atoms with van der Waals surface area (Å²) in [4.78, 5) is 29.0. The van der Waals surface area contributed by atoms with Crippen molar-refractivity contribution in [1.82, 2.24) is 25.2 Å². The van der Waals surface area contributed by atoms with Gasteiger partial charge < -0.3 is 15.4 Å². The van der Waals surface area contributed by atoms with Gasteiger partial charge in [-0.15, -0.1) is 0 Å². The van der Waals surface area contributed by atoms with Gasteiger partial charge in [0.2, 0.25) is 11.8 Å². The molecule has 1 fully saturated rings. The molecule has 2 N–H and O–H groups in total. The van der Waals surface area contributed by atoms with Gasteiger partial charge in [-0.1, -0.05) is 0 Å². The number of nitrogens with zero attached hydrogens (tertiary/aromatic N) is 3. The Morgan fingerprint density at radius 1 is 1.19 bits per heavy atom. The van der Waals surface area contributed by atoms with E-state index in [-0.39, 0.29) is 31.6 Å². The number of rotatable bonds is 7. The molecule has 2 aromatic rings. The van der Waals surface area contributed by atoms with Crippen LogP contribution in [0.15, 0.2) is 18.5 Å². The van der Waals surface area contributed by atoms with Gasteiger partial charge >= 0.3 is 12.3 Å². The lowest BCUT2D eigenvalue weighted by molar-refractivity contribution is -0.144. The normalized spacial score (nSPS) is 18.3. The summed E-state index contributed by atoms with van der Waals surface area (Å²) in [6.07, 6.45) is -4.23. The first-order valence-corrected chi connectivity index (χ1v) is 12.1. The molecule has 2 amide bonds. The van der Waals surface area contributed by atoms with Crippen molar-refractivity contribution in [2.75, 3.05) is 0 Å². The second-order valence-corrected chi connectivity index (χ2v) is 10.5. The van der Waals surface area contributed by atoms with E-state index in [0.717, 1.165) is 0 Å². The Bertz CT molecular complexity index is 1100. The van der Waals surface area contributed by atoms with Gasteiger partial charge in [0.15, 0.2) is 5.65 Å². The second kappa shape index (κ2) is 10.8. The minimum absolute atomic E-state index is 0.182. The molecule has 3 rings (SSSR count). The molecule has 1 aliphatic rings. The highest BCUT2D eigenvalue weighted by Crippen LogP contribution is 2.41. The summed E-state index contributed by atoms with van der Waals surface area (Å²) in [5, 5.41) is 9.55. The third-order valence-corrected chi connectivity index (χ3v) is 6.10. The van der Waals surface area contributed by atoms with Gasteiger partial charge in [-0.3, -0.25) is 4.79 Å². The van der Waals surface area contributed by atoms with Gasteiger partial charge in [0.05, 0.1) is 36.6 Å². The highest BCUT2D eigenvalue weighted by molar-refractivity contribution is 5.76. The van der Waals surface area contributed by atoms with Crippen molar-refractivity contribution in [3.63, 3.8) is 0 Å². The van der Waals surface area contributed by atoms with Gasteiger partial charge in [0, 0.05) is 19.3 Å². The Morgan fingerprint density at radius 2 is 1.84 bits per heavy atom. The molecule has 1 aliphatic carbocycles. The molecule has 206 valence electrons. The summed E-state index contributed by atoms with van der Waals surface area (Å²) >= 11 is 0. The maximum atomic E-state index is 13.8. The van der Waals surface area contributed by atoms with Gasteiger partial charge in [-0.2, -0.15) is 18.3 Å². The van der Waals surface area contributed by atoms with E-state index >= 15 is 0 Å². The number of alkyl carbamates (subject to hydrolysis) is 1. The van der Waals surface area contributed by atoms with E-state index in [2.05, 4.69) is 20.7 Å². The summed E-state index contributed by atoms with van der Waals surface area (Å²) in [6, 6.07) is 0.287. The van der Waals surface area contributed by atoms with E-state index in [1.165, 1.54) is 10.7 Å². The fraction of sp³-hybridized carbons (Fsp3) is 0.667. The van der Waals surface area contributed by atoms with E-state index in [9.17, 15) is 31.5 Å². The van der Waals surface area contributed by atoms with E-state index < -0.39 is 54.6 Å². The molecule has 13 heteroatoms. The SMILES string of the molecule is C[C@@H](NC(=O)CCC(F)(F)F)c1cnn2cc([C@@H](NC(=O)OC(C)(C)C)C3CCC(F)(F)CC3)nc2c1. The lowest BCUT2D eigenvalue weighted by Gasteiger charge is -2.33. The Morgan fingerprint density at radius 3 is 2.43 bits per heavy atom. The standard InChI is InChI=1S/C24H32F5N5O3/c1-14(31-19(35)7-10-24(27,28)29)16-11-18-32-17(13-34(18)30-12-16)20(33-21(36)37-22(2,3)4)15-5-8-23(25,26)9-6-15/h11-15,20H,5-10H2,1-4H3,(H,31,35)(H,33,36)/t14-,20+/m1/s1. The molecule has 2 aromatic heterocycles. The van der Waals surface area contributed by atoms with Crippen LogP contribution in [0.3, 0.4) is 0 Å². The van der Waals surface area contributed by atoms with Crippen molar-refractivity contribution in [2.24, 2.45) is 5.92 Å². The van der Waals surface area contributed by atoms with E-state index in [4.69, 9.17) is 4.74 Å². The Labute approximate surface area is 211 Å². The summed E-state index contributed by atoms with van der Waals surface area (Å²) in [5.74, 6) is -3.80. The third kappa shape index (κ3) is 8.53. The molecule has 0 bridgehead atoms. The van der Waals surface area contributed by atoms with Crippen LogP contribution in [-0.2, 0) is 9.53 Å². The number of carbonyl (C=O) groups is 2. The molecule has 1 saturated carbocycles. The molecule has 8 nitrogen and oxygen atoms in total. The predicted molar refractivity (Wildman–Crippen MR) is 124 cm³/mol. The van der Waals surface area contributed by atoms with Crippen LogP contribution in [0, 0.1) is 5.92 Å². The molecule has 0 spiro atoms. The first-order chi connectivity index (χ1) is 17.0. The maximum absolute atomic E-state index is 13.8. The highest BCUT2D eigenvalue weighted by atomic mass is 19.4. The lowest BCUT2D eigenvalue weighted by Crippen LogP contribution is -2.40. The summed E-state index contributed by atoms with van der Waals surface area (Å²) in [5.41, 5.74) is 0.525. The predicted octanol–water partition coefficient (Wildman–Crippen LogP) is 5.64. The van der Waals surface area contributed by atoms with Gasteiger partial charge in [0.25, 0.3) is 0 Å². The second-order valence-electron chi connectivity index (χ2n) is 10.5. The molecule has 0 radical (unpaired) electrons. The first-order valence-electron chi connectivity index (χ1n) is 12.1. The molecule has 37 heavy (non-hydrogen) atoms. The zero-order valence-corrected chi connectivity index (χ0v) is 21.2. The highest BCUT2D eigenvalue weighted by Gasteiger charge is 2.39. The number of ether oxygens (including phenoxy) is 1. The molecule has 0 saturated heterocycles. The number of carbonyl (C=O) groups excluding carboxylic acids is 2. The fourth-order valence-electron chi connectivity index (χ4n) is 4.21. The van der Waals surface area contributed by atoms with Crippen molar-refractivity contribution >= 4 is 17.6 Å². The molecule has 0 unspecified atom stereocenters. The van der Waals surface area contributed by atoms with Crippen LogP contribution in [0.4, 0.5) is 26.7 Å². The van der Waals surface area contributed by atoms with Crippen molar-refractivity contribution in [3.05, 3.63) is 29.7 Å². The average Bonchev–Trinajstić information content (AvgIpc) is 3.18. The largest absolute Gasteiger partial charge is 0.444 e. The minimum Gasteiger partial charge on any atom is -0.444 e. The average molecular weight is 534 g/mol. The van der Waals surface area contributed by atoms with Crippen molar-refractivity contribution in [3.8, 4) is 0 Å². The number of amides is 2. The molecule has 2 atom stereocenters. The van der Waals surface area contributed by atoms with Crippen LogP contribution in [0.2, 0.25) is 0 Å². The number of hydrogen-bond donors (Lipinski definition) is 2. The Hall–Kier alpha value is -2.99. The zero-order chi connectivity index (χ0) is 27.6. The lowest BCUT2D eigenvalue weighted by atomic mass is 9.81. The quantitative estimate of drug-likeness (QED) is 0.449.